The number of hydrogen-bond acceptors (Lipinski definition) is 3. The SMILES string of the molecule is CC(=O)Nc1cc(NC(=O)C(C)Oc2ccccc2C)ccc1C. The molecule has 0 aliphatic heterocycles. The summed E-state index contributed by atoms with van der Waals surface area (Å²) in [6.07, 6.45) is -0.642. The van der Waals surface area contributed by atoms with Crippen LogP contribution >= 0.6 is 0 Å². The largest absolute Gasteiger partial charge is 0.481 e. The maximum atomic E-state index is 12.3. The van der Waals surface area contributed by atoms with E-state index in [4.69, 9.17) is 4.74 Å². The lowest BCUT2D eigenvalue weighted by molar-refractivity contribution is -0.122. The Kier molecular flexibility index (Phi) is 5.58. The molecule has 5 nitrogen and oxygen atoms in total. The molecule has 5 heteroatoms. The molecule has 0 aliphatic rings. The van der Waals surface area contributed by atoms with Gasteiger partial charge < -0.3 is 15.4 Å². The van der Waals surface area contributed by atoms with Gasteiger partial charge in [-0.3, -0.25) is 9.59 Å². The van der Waals surface area contributed by atoms with Crippen molar-refractivity contribution >= 4 is 23.2 Å². The number of amides is 2. The average Bonchev–Trinajstić information content (AvgIpc) is 2.52. The first-order chi connectivity index (χ1) is 11.4. The van der Waals surface area contributed by atoms with Crippen molar-refractivity contribution in [2.45, 2.75) is 33.8 Å². The van der Waals surface area contributed by atoms with Crippen molar-refractivity contribution in [3.63, 3.8) is 0 Å². The Morgan fingerprint density at radius 1 is 1.00 bits per heavy atom. The van der Waals surface area contributed by atoms with Crippen LogP contribution < -0.4 is 15.4 Å². The molecule has 0 spiro atoms. The summed E-state index contributed by atoms with van der Waals surface area (Å²) in [6, 6.07) is 12.9. The highest BCUT2D eigenvalue weighted by atomic mass is 16.5. The van der Waals surface area contributed by atoms with Gasteiger partial charge in [-0.1, -0.05) is 24.3 Å². The molecule has 126 valence electrons. The first-order valence-corrected chi connectivity index (χ1v) is 7.78. The molecule has 2 amide bonds. The summed E-state index contributed by atoms with van der Waals surface area (Å²) in [7, 11) is 0. The van der Waals surface area contributed by atoms with Gasteiger partial charge in [0.05, 0.1) is 0 Å². The molecular weight excluding hydrogens is 304 g/mol. The Morgan fingerprint density at radius 3 is 2.38 bits per heavy atom. The number of para-hydroxylation sites is 1. The van der Waals surface area contributed by atoms with Gasteiger partial charge in [-0.2, -0.15) is 0 Å². The van der Waals surface area contributed by atoms with E-state index in [-0.39, 0.29) is 11.8 Å². The lowest BCUT2D eigenvalue weighted by Gasteiger charge is -2.17. The zero-order valence-corrected chi connectivity index (χ0v) is 14.3. The molecular formula is C19H22N2O3. The van der Waals surface area contributed by atoms with Crippen molar-refractivity contribution in [1.82, 2.24) is 0 Å². The minimum absolute atomic E-state index is 0.155. The molecule has 2 aromatic rings. The highest BCUT2D eigenvalue weighted by molar-refractivity contribution is 5.96. The number of carbonyl (C=O) groups is 2. The Balaban J connectivity index is 2.06. The first kappa shape index (κ1) is 17.5. The van der Waals surface area contributed by atoms with Crippen molar-refractivity contribution in [3.05, 3.63) is 53.6 Å². The fraction of sp³-hybridized carbons (Fsp3) is 0.263. The van der Waals surface area contributed by atoms with E-state index < -0.39 is 6.10 Å². The van der Waals surface area contributed by atoms with E-state index in [2.05, 4.69) is 10.6 Å². The topological polar surface area (TPSA) is 67.4 Å². The van der Waals surface area contributed by atoms with Crippen molar-refractivity contribution in [1.29, 1.82) is 0 Å². The second kappa shape index (κ2) is 7.64. The van der Waals surface area contributed by atoms with E-state index in [1.807, 2.05) is 44.2 Å². The summed E-state index contributed by atoms with van der Waals surface area (Å²) >= 11 is 0. The number of benzene rings is 2. The predicted molar refractivity (Wildman–Crippen MR) is 95.4 cm³/mol. The van der Waals surface area contributed by atoms with Gasteiger partial charge in [0.2, 0.25) is 5.91 Å². The third-order valence-corrected chi connectivity index (χ3v) is 3.58. The third-order valence-electron chi connectivity index (χ3n) is 3.58. The van der Waals surface area contributed by atoms with Crippen LogP contribution in [0.25, 0.3) is 0 Å². The number of nitrogens with one attached hydrogen (secondary N) is 2. The summed E-state index contributed by atoms with van der Waals surface area (Å²) in [4.78, 5) is 23.5. The number of rotatable bonds is 5. The maximum Gasteiger partial charge on any atom is 0.265 e. The van der Waals surface area contributed by atoms with Crippen molar-refractivity contribution in [2.75, 3.05) is 10.6 Å². The molecule has 0 fully saturated rings. The lowest BCUT2D eigenvalue weighted by atomic mass is 10.1. The second-order valence-corrected chi connectivity index (χ2v) is 5.73. The fourth-order valence-electron chi connectivity index (χ4n) is 2.20. The van der Waals surface area contributed by atoms with Crippen LogP contribution in [0.2, 0.25) is 0 Å². The molecule has 2 rings (SSSR count). The highest BCUT2D eigenvalue weighted by Crippen LogP contribution is 2.21. The van der Waals surface area contributed by atoms with E-state index in [0.717, 1.165) is 11.1 Å². The first-order valence-electron chi connectivity index (χ1n) is 7.78. The van der Waals surface area contributed by atoms with E-state index in [0.29, 0.717) is 17.1 Å². The highest BCUT2D eigenvalue weighted by Gasteiger charge is 2.16. The summed E-state index contributed by atoms with van der Waals surface area (Å²) in [5.41, 5.74) is 3.18. The standard InChI is InChI=1S/C19H22N2O3/c1-12-9-10-16(11-17(12)20-15(4)22)21-19(23)14(3)24-18-8-6-5-7-13(18)2/h5-11,14H,1-4H3,(H,20,22)(H,21,23). The Hall–Kier alpha value is -2.82. The van der Waals surface area contributed by atoms with E-state index >= 15 is 0 Å². The van der Waals surface area contributed by atoms with Crippen molar-refractivity contribution in [3.8, 4) is 5.75 Å². The molecule has 0 saturated heterocycles. The van der Waals surface area contributed by atoms with Gasteiger partial charge in [0.15, 0.2) is 6.10 Å². The summed E-state index contributed by atoms with van der Waals surface area (Å²) in [5, 5.41) is 5.55. The molecule has 0 heterocycles. The number of anilines is 2. The van der Waals surface area contributed by atoms with Gasteiger partial charge >= 0.3 is 0 Å². The van der Waals surface area contributed by atoms with Gasteiger partial charge in [-0.15, -0.1) is 0 Å². The minimum atomic E-state index is -0.642. The zero-order chi connectivity index (χ0) is 17.7. The molecule has 0 saturated carbocycles. The monoisotopic (exact) mass is 326 g/mol. The molecule has 0 radical (unpaired) electrons. The van der Waals surface area contributed by atoms with Crippen molar-refractivity contribution < 1.29 is 14.3 Å². The number of hydrogen-bond donors (Lipinski definition) is 2. The van der Waals surface area contributed by atoms with Crippen LogP contribution in [0, 0.1) is 13.8 Å². The van der Waals surface area contributed by atoms with Gasteiger partial charge in [0, 0.05) is 18.3 Å². The fourth-order valence-corrected chi connectivity index (χ4v) is 2.20. The average molecular weight is 326 g/mol. The lowest BCUT2D eigenvalue weighted by Crippen LogP contribution is -2.30. The van der Waals surface area contributed by atoms with Crippen LogP contribution in [0.1, 0.15) is 25.0 Å². The molecule has 2 N–H and O–H groups in total. The third kappa shape index (κ3) is 4.59. The smallest absolute Gasteiger partial charge is 0.265 e. The quantitative estimate of drug-likeness (QED) is 0.881. The van der Waals surface area contributed by atoms with Gasteiger partial charge in [0.1, 0.15) is 5.75 Å². The van der Waals surface area contributed by atoms with Gasteiger partial charge in [0.25, 0.3) is 5.91 Å². The van der Waals surface area contributed by atoms with Crippen LogP contribution in [0.3, 0.4) is 0 Å². The molecule has 2 aromatic carbocycles. The summed E-state index contributed by atoms with van der Waals surface area (Å²) < 4.78 is 5.72. The normalized spacial score (nSPS) is 11.5. The van der Waals surface area contributed by atoms with E-state index in [1.165, 1.54) is 6.92 Å². The molecule has 0 aromatic heterocycles. The van der Waals surface area contributed by atoms with Crippen molar-refractivity contribution in [2.24, 2.45) is 0 Å². The van der Waals surface area contributed by atoms with Crippen LogP contribution in [-0.2, 0) is 9.59 Å². The van der Waals surface area contributed by atoms with Crippen LogP contribution in [0.5, 0.6) is 5.75 Å². The maximum absolute atomic E-state index is 12.3. The summed E-state index contributed by atoms with van der Waals surface area (Å²) in [6.45, 7) is 6.97. The predicted octanol–water partition coefficient (Wildman–Crippen LogP) is 3.67. The molecule has 24 heavy (non-hydrogen) atoms. The van der Waals surface area contributed by atoms with Crippen LogP contribution in [-0.4, -0.2) is 17.9 Å². The molecule has 0 bridgehead atoms. The van der Waals surface area contributed by atoms with E-state index in [9.17, 15) is 9.59 Å². The number of ether oxygens (including phenoxy) is 1. The van der Waals surface area contributed by atoms with Gasteiger partial charge in [-0.05, 0) is 50.1 Å². The molecule has 1 atom stereocenters. The van der Waals surface area contributed by atoms with Gasteiger partial charge in [-0.25, -0.2) is 0 Å². The Morgan fingerprint density at radius 2 is 1.71 bits per heavy atom. The summed E-state index contributed by atoms with van der Waals surface area (Å²) in [5.74, 6) is 0.275. The second-order valence-electron chi connectivity index (χ2n) is 5.73. The molecule has 0 aliphatic carbocycles. The van der Waals surface area contributed by atoms with Crippen LogP contribution in [0.15, 0.2) is 42.5 Å². The number of carbonyl (C=O) groups excluding carboxylic acids is 2. The Bertz CT molecular complexity index is 756. The molecule has 1 unspecified atom stereocenters. The minimum Gasteiger partial charge on any atom is -0.481 e. The Labute approximate surface area is 142 Å². The zero-order valence-electron chi connectivity index (χ0n) is 14.3. The van der Waals surface area contributed by atoms with E-state index in [1.54, 1.807) is 19.1 Å². The van der Waals surface area contributed by atoms with Crippen LogP contribution in [0.4, 0.5) is 11.4 Å². The number of aryl methyl sites for hydroxylation is 2.